The first-order valence-corrected chi connectivity index (χ1v) is 8.20. The van der Waals surface area contributed by atoms with Crippen LogP contribution < -0.4 is 0 Å². The van der Waals surface area contributed by atoms with E-state index >= 15 is 0 Å². The second kappa shape index (κ2) is 5.95. The highest BCUT2D eigenvalue weighted by Crippen LogP contribution is 2.46. The molecule has 2 unspecified atom stereocenters. The van der Waals surface area contributed by atoms with Crippen molar-refractivity contribution in [3.8, 4) is 0 Å². The molecule has 0 aromatic heterocycles. The summed E-state index contributed by atoms with van der Waals surface area (Å²) in [6.45, 7) is 2.82. The predicted octanol–water partition coefficient (Wildman–Crippen LogP) is 2.82. The molecule has 1 N–H and O–H groups in total. The second-order valence-corrected chi connectivity index (χ2v) is 7.03. The van der Waals surface area contributed by atoms with Gasteiger partial charge in [0.05, 0.1) is 11.3 Å². The molecule has 2 atom stereocenters. The van der Waals surface area contributed by atoms with Gasteiger partial charge in [0.2, 0.25) is 5.91 Å². The zero-order chi connectivity index (χ0) is 16.6. The van der Waals surface area contributed by atoms with E-state index in [2.05, 4.69) is 0 Å². The highest BCUT2D eigenvalue weighted by molar-refractivity contribution is 5.90. The number of likely N-dealkylation sites (tertiary alicyclic amines) is 1. The van der Waals surface area contributed by atoms with E-state index in [4.69, 9.17) is 0 Å². The Balaban J connectivity index is 1.86. The number of rotatable bonds is 3. The first kappa shape index (κ1) is 16.0. The lowest BCUT2D eigenvalue weighted by molar-refractivity contribution is -0.150. The molecule has 1 aromatic carbocycles. The summed E-state index contributed by atoms with van der Waals surface area (Å²) in [7, 11) is 0. The van der Waals surface area contributed by atoms with Crippen LogP contribution in [0.4, 0.5) is 4.39 Å². The van der Waals surface area contributed by atoms with E-state index < -0.39 is 17.3 Å². The van der Waals surface area contributed by atoms with E-state index in [1.807, 2.05) is 13.0 Å². The van der Waals surface area contributed by atoms with Gasteiger partial charge in [-0.3, -0.25) is 9.59 Å². The molecule has 0 bridgehead atoms. The largest absolute Gasteiger partial charge is 0.481 e. The average Bonchev–Trinajstić information content (AvgIpc) is 2.45. The fraction of sp³-hybridized carbons (Fsp3) is 0.556. The van der Waals surface area contributed by atoms with Crippen molar-refractivity contribution in [2.24, 2.45) is 11.8 Å². The zero-order valence-corrected chi connectivity index (χ0v) is 13.3. The van der Waals surface area contributed by atoms with Crippen LogP contribution in [-0.4, -0.2) is 35.0 Å². The van der Waals surface area contributed by atoms with Crippen molar-refractivity contribution in [2.45, 2.75) is 38.0 Å². The molecular formula is C18H22FNO3. The number of hydrogen-bond donors (Lipinski definition) is 1. The van der Waals surface area contributed by atoms with E-state index in [1.165, 1.54) is 12.1 Å². The predicted molar refractivity (Wildman–Crippen MR) is 83.4 cm³/mol. The summed E-state index contributed by atoms with van der Waals surface area (Å²) in [5, 5.41) is 9.30. The van der Waals surface area contributed by atoms with Crippen LogP contribution >= 0.6 is 0 Å². The fourth-order valence-corrected chi connectivity index (χ4v) is 3.94. The number of carboxylic acids is 1. The van der Waals surface area contributed by atoms with E-state index in [0.717, 1.165) is 12.0 Å². The smallest absolute Gasteiger partial charge is 0.308 e. The highest BCUT2D eigenvalue weighted by atomic mass is 19.1. The monoisotopic (exact) mass is 319 g/mol. The van der Waals surface area contributed by atoms with E-state index in [0.29, 0.717) is 25.8 Å². The normalized spacial score (nSPS) is 26.4. The maximum absolute atomic E-state index is 13.6. The molecule has 1 saturated heterocycles. The molecule has 0 spiro atoms. The number of benzene rings is 1. The number of carbonyl (C=O) groups is 2. The second-order valence-electron chi connectivity index (χ2n) is 7.03. The molecular weight excluding hydrogens is 297 g/mol. The van der Waals surface area contributed by atoms with Gasteiger partial charge < -0.3 is 10.0 Å². The van der Waals surface area contributed by atoms with E-state index in [9.17, 15) is 19.1 Å². The van der Waals surface area contributed by atoms with Gasteiger partial charge in [0.25, 0.3) is 0 Å². The third-order valence-electron chi connectivity index (χ3n) is 5.29. The number of halogens is 1. The van der Waals surface area contributed by atoms with Crippen LogP contribution in [0.3, 0.4) is 0 Å². The molecule has 124 valence electrons. The number of piperidine rings is 1. The number of carbonyl (C=O) groups excluding carboxylic acids is 1. The number of hydrogen-bond acceptors (Lipinski definition) is 2. The Morgan fingerprint density at radius 2 is 2.04 bits per heavy atom. The molecule has 1 aliphatic carbocycles. The molecule has 0 radical (unpaired) electrons. The lowest BCUT2D eigenvalue weighted by Crippen LogP contribution is -2.55. The summed E-state index contributed by atoms with van der Waals surface area (Å²) >= 11 is 0. The molecule has 1 aliphatic heterocycles. The number of aliphatic carboxylic acids is 1. The molecule has 1 aromatic rings. The number of nitrogens with zero attached hydrogens (tertiary/aromatic N) is 1. The standard InChI is InChI=1S/C18H22FNO3/c1-12-8-13(16(21)22)11-20(10-12)17(23)18(6-3-7-18)14-4-2-5-15(19)9-14/h2,4-5,9,12-13H,3,6-8,10-11H2,1H3,(H,21,22). The Hall–Kier alpha value is -1.91. The number of amides is 1. The van der Waals surface area contributed by atoms with Crippen LogP contribution in [0.15, 0.2) is 24.3 Å². The van der Waals surface area contributed by atoms with Gasteiger partial charge in [0.15, 0.2) is 0 Å². The molecule has 4 nitrogen and oxygen atoms in total. The minimum Gasteiger partial charge on any atom is -0.481 e. The van der Waals surface area contributed by atoms with Gasteiger partial charge >= 0.3 is 5.97 Å². The van der Waals surface area contributed by atoms with E-state index in [-0.39, 0.29) is 24.2 Å². The maximum atomic E-state index is 13.6. The molecule has 2 fully saturated rings. The third-order valence-corrected chi connectivity index (χ3v) is 5.29. The zero-order valence-electron chi connectivity index (χ0n) is 13.3. The average molecular weight is 319 g/mol. The molecule has 23 heavy (non-hydrogen) atoms. The van der Waals surface area contributed by atoms with Crippen LogP contribution in [0, 0.1) is 17.7 Å². The Bertz CT molecular complexity index is 626. The molecule has 3 rings (SSSR count). The summed E-state index contributed by atoms with van der Waals surface area (Å²) in [6, 6.07) is 6.27. The van der Waals surface area contributed by atoms with Crippen molar-refractivity contribution in [3.05, 3.63) is 35.6 Å². The van der Waals surface area contributed by atoms with E-state index in [1.54, 1.807) is 11.0 Å². The summed E-state index contributed by atoms with van der Waals surface area (Å²) in [6.07, 6.45) is 2.95. The Morgan fingerprint density at radius 1 is 1.30 bits per heavy atom. The first-order valence-electron chi connectivity index (χ1n) is 8.20. The van der Waals surface area contributed by atoms with Crippen molar-refractivity contribution in [1.82, 2.24) is 4.90 Å². The molecule has 1 saturated carbocycles. The maximum Gasteiger partial charge on any atom is 0.308 e. The van der Waals surface area contributed by atoms with Crippen LogP contribution in [-0.2, 0) is 15.0 Å². The molecule has 1 heterocycles. The van der Waals surface area contributed by atoms with Crippen LogP contribution in [0.2, 0.25) is 0 Å². The van der Waals surface area contributed by atoms with Gasteiger partial charge in [-0.1, -0.05) is 25.5 Å². The van der Waals surface area contributed by atoms with Crippen molar-refractivity contribution in [1.29, 1.82) is 0 Å². The third kappa shape index (κ3) is 2.84. The first-order chi connectivity index (χ1) is 10.9. The van der Waals surface area contributed by atoms with Crippen molar-refractivity contribution in [2.75, 3.05) is 13.1 Å². The Kier molecular flexibility index (Phi) is 4.13. The minimum absolute atomic E-state index is 0.0350. The van der Waals surface area contributed by atoms with Crippen molar-refractivity contribution >= 4 is 11.9 Å². The quantitative estimate of drug-likeness (QED) is 0.932. The summed E-state index contributed by atoms with van der Waals surface area (Å²) in [5.41, 5.74) is 0.0567. The fourth-order valence-electron chi connectivity index (χ4n) is 3.94. The lowest BCUT2D eigenvalue weighted by Gasteiger charge is -2.46. The Labute approximate surface area is 135 Å². The SMILES string of the molecule is CC1CC(C(=O)O)CN(C(=O)C2(c3cccc(F)c3)CCC2)C1. The van der Waals surface area contributed by atoms with Gasteiger partial charge in [-0.2, -0.15) is 0 Å². The van der Waals surface area contributed by atoms with Gasteiger partial charge in [-0.05, 0) is 42.9 Å². The highest BCUT2D eigenvalue weighted by Gasteiger charge is 2.49. The van der Waals surface area contributed by atoms with Gasteiger partial charge in [0, 0.05) is 13.1 Å². The van der Waals surface area contributed by atoms with Gasteiger partial charge in [0.1, 0.15) is 5.82 Å². The van der Waals surface area contributed by atoms with Crippen LogP contribution in [0.1, 0.15) is 38.2 Å². The summed E-state index contributed by atoms with van der Waals surface area (Å²) in [5.74, 6) is -1.56. The number of carboxylic acid groups (broad SMARTS) is 1. The summed E-state index contributed by atoms with van der Waals surface area (Å²) in [4.78, 5) is 26.2. The molecule has 5 heteroatoms. The lowest BCUT2D eigenvalue weighted by atomic mass is 9.63. The molecule has 2 aliphatic rings. The van der Waals surface area contributed by atoms with Gasteiger partial charge in [-0.15, -0.1) is 0 Å². The summed E-state index contributed by atoms with van der Waals surface area (Å²) < 4.78 is 13.6. The molecule has 1 amide bonds. The minimum atomic E-state index is -0.845. The van der Waals surface area contributed by atoms with Crippen LogP contribution in [0.5, 0.6) is 0 Å². The van der Waals surface area contributed by atoms with Crippen molar-refractivity contribution in [3.63, 3.8) is 0 Å². The van der Waals surface area contributed by atoms with Crippen molar-refractivity contribution < 1.29 is 19.1 Å². The van der Waals surface area contributed by atoms with Gasteiger partial charge in [-0.25, -0.2) is 4.39 Å². The Morgan fingerprint density at radius 3 is 2.61 bits per heavy atom. The van der Waals surface area contributed by atoms with Crippen LogP contribution in [0.25, 0.3) is 0 Å². The topological polar surface area (TPSA) is 57.6 Å².